The molecule has 0 saturated heterocycles. The number of ether oxygens (including phenoxy) is 1. The van der Waals surface area contributed by atoms with Crippen molar-refractivity contribution in [1.29, 1.82) is 0 Å². The number of hydrogen-bond donors (Lipinski definition) is 2. The molecule has 0 amide bonds. The quantitative estimate of drug-likeness (QED) is 0.889. The van der Waals surface area contributed by atoms with E-state index in [0.717, 1.165) is 17.7 Å². The summed E-state index contributed by atoms with van der Waals surface area (Å²) in [6.07, 6.45) is 0. The monoisotopic (exact) mass is 307 g/mol. The topological polar surface area (TPSA) is 72.5 Å². The van der Waals surface area contributed by atoms with Crippen molar-refractivity contribution in [3.05, 3.63) is 59.7 Å². The zero-order valence-corrected chi connectivity index (χ0v) is 11.8. The molecule has 0 saturated carbocycles. The molecule has 0 aliphatic carbocycles. The maximum absolute atomic E-state index is 14.0. The standard InChI is InChI=1S/C16H15F2NO3/c1-10-4-2-6-12(8-10)22-13-7-3-5-11(9-13)16(17,18)14(19)15(20)21/h2-9,14H,19H2,1H3,(H,20,21). The van der Waals surface area contributed by atoms with Crippen molar-refractivity contribution in [2.45, 2.75) is 18.9 Å². The van der Waals surface area contributed by atoms with Gasteiger partial charge in [-0.3, -0.25) is 4.79 Å². The van der Waals surface area contributed by atoms with Gasteiger partial charge in [-0.15, -0.1) is 0 Å². The van der Waals surface area contributed by atoms with Crippen molar-refractivity contribution in [2.24, 2.45) is 5.73 Å². The average molecular weight is 307 g/mol. The van der Waals surface area contributed by atoms with Gasteiger partial charge >= 0.3 is 5.97 Å². The predicted molar refractivity (Wildman–Crippen MR) is 77.2 cm³/mol. The van der Waals surface area contributed by atoms with Crippen molar-refractivity contribution in [3.63, 3.8) is 0 Å². The molecule has 1 unspecified atom stereocenters. The molecule has 0 heterocycles. The van der Waals surface area contributed by atoms with Gasteiger partial charge in [-0.2, -0.15) is 8.78 Å². The third-order valence-corrected chi connectivity index (χ3v) is 3.10. The highest BCUT2D eigenvalue weighted by molar-refractivity contribution is 5.75. The molecule has 0 bridgehead atoms. The van der Waals surface area contributed by atoms with Crippen LogP contribution in [0.25, 0.3) is 0 Å². The van der Waals surface area contributed by atoms with Gasteiger partial charge in [-0.05, 0) is 36.8 Å². The summed E-state index contributed by atoms with van der Waals surface area (Å²) in [7, 11) is 0. The van der Waals surface area contributed by atoms with E-state index in [2.05, 4.69) is 0 Å². The molecule has 6 heteroatoms. The Morgan fingerprint density at radius 1 is 1.18 bits per heavy atom. The molecule has 2 aromatic rings. The van der Waals surface area contributed by atoms with Crippen molar-refractivity contribution >= 4 is 5.97 Å². The molecule has 0 aromatic heterocycles. The Hall–Kier alpha value is -2.47. The number of alkyl halides is 2. The number of nitrogens with two attached hydrogens (primary N) is 1. The fourth-order valence-corrected chi connectivity index (χ4v) is 1.92. The van der Waals surface area contributed by atoms with Crippen LogP contribution in [0.4, 0.5) is 8.78 Å². The van der Waals surface area contributed by atoms with Gasteiger partial charge in [0.2, 0.25) is 0 Å². The smallest absolute Gasteiger partial charge is 0.327 e. The molecule has 0 fully saturated rings. The summed E-state index contributed by atoms with van der Waals surface area (Å²) in [4.78, 5) is 10.7. The normalized spacial score (nSPS) is 12.7. The van der Waals surface area contributed by atoms with Crippen LogP contribution in [0.5, 0.6) is 11.5 Å². The van der Waals surface area contributed by atoms with Crippen LogP contribution in [-0.4, -0.2) is 17.1 Å². The lowest BCUT2D eigenvalue weighted by Crippen LogP contribution is -2.45. The SMILES string of the molecule is Cc1cccc(Oc2cccc(C(F)(F)C(N)C(=O)O)c2)c1. The number of benzene rings is 2. The molecular formula is C16H15F2NO3. The van der Waals surface area contributed by atoms with Crippen molar-refractivity contribution in [3.8, 4) is 11.5 Å². The average Bonchev–Trinajstić information content (AvgIpc) is 2.46. The third-order valence-electron chi connectivity index (χ3n) is 3.10. The molecule has 2 rings (SSSR count). The minimum Gasteiger partial charge on any atom is -0.480 e. The van der Waals surface area contributed by atoms with E-state index in [9.17, 15) is 13.6 Å². The second-order valence-electron chi connectivity index (χ2n) is 4.89. The number of carboxylic acids is 1. The first-order valence-corrected chi connectivity index (χ1v) is 6.52. The Morgan fingerprint density at radius 2 is 1.77 bits per heavy atom. The number of halogens is 2. The van der Waals surface area contributed by atoms with E-state index in [1.807, 2.05) is 13.0 Å². The van der Waals surface area contributed by atoms with Gasteiger partial charge in [0.25, 0.3) is 5.92 Å². The van der Waals surface area contributed by atoms with Crippen LogP contribution in [0, 0.1) is 6.92 Å². The van der Waals surface area contributed by atoms with Gasteiger partial charge in [0.15, 0.2) is 6.04 Å². The third kappa shape index (κ3) is 3.40. The first-order chi connectivity index (χ1) is 10.3. The van der Waals surface area contributed by atoms with Crippen LogP contribution < -0.4 is 10.5 Å². The molecule has 116 valence electrons. The Bertz CT molecular complexity index is 689. The zero-order chi connectivity index (χ0) is 16.3. The zero-order valence-electron chi connectivity index (χ0n) is 11.8. The van der Waals surface area contributed by atoms with Crippen molar-refractivity contribution in [2.75, 3.05) is 0 Å². The summed E-state index contributed by atoms with van der Waals surface area (Å²) in [5.74, 6) is -4.78. The molecule has 2 aromatic carbocycles. The van der Waals surface area contributed by atoms with Gasteiger partial charge in [0.1, 0.15) is 11.5 Å². The number of carbonyl (C=O) groups is 1. The van der Waals surface area contributed by atoms with Crippen LogP contribution in [-0.2, 0) is 10.7 Å². The maximum Gasteiger partial charge on any atom is 0.327 e. The Labute approximate surface area is 126 Å². The lowest BCUT2D eigenvalue weighted by molar-refractivity contribution is -0.149. The van der Waals surface area contributed by atoms with E-state index < -0.39 is 23.5 Å². The van der Waals surface area contributed by atoms with E-state index in [1.54, 1.807) is 18.2 Å². The molecule has 3 N–H and O–H groups in total. The molecular weight excluding hydrogens is 292 g/mol. The Kier molecular flexibility index (Phi) is 4.42. The van der Waals surface area contributed by atoms with Crippen LogP contribution in [0.1, 0.15) is 11.1 Å². The molecule has 0 aliphatic heterocycles. The summed E-state index contributed by atoms with van der Waals surface area (Å²) >= 11 is 0. The van der Waals surface area contributed by atoms with E-state index >= 15 is 0 Å². The highest BCUT2D eigenvalue weighted by atomic mass is 19.3. The highest BCUT2D eigenvalue weighted by Crippen LogP contribution is 2.34. The molecule has 4 nitrogen and oxygen atoms in total. The van der Waals surface area contributed by atoms with Crippen molar-refractivity contribution in [1.82, 2.24) is 0 Å². The van der Waals surface area contributed by atoms with Gasteiger partial charge in [0, 0.05) is 5.56 Å². The first kappa shape index (κ1) is 15.9. The van der Waals surface area contributed by atoms with E-state index in [0.29, 0.717) is 5.75 Å². The van der Waals surface area contributed by atoms with E-state index in [-0.39, 0.29) is 5.75 Å². The Balaban J connectivity index is 2.28. The summed E-state index contributed by atoms with van der Waals surface area (Å²) < 4.78 is 33.6. The van der Waals surface area contributed by atoms with Crippen LogP contribution >= 0.6 is 0 Å². The molecule has 0 radical (unpaired) electrons. The minimum absolute atomic E-state index is 0.181. The second-order valence-corrected chi connectivity index (χ2v) is 4.89. The Morgan fingerprint density at radius 3 is 2.36 bits per heavy atom. The summed E-state index contributed by atoms with van der Waals surface area (Å²) in [5.41, 5.74) is 5.52. The lowest BCUT2D eigenvalue weighted by atomic mass is 10.0. The number of hydrogen-bond acceptors (Lipinski definition) is 3. The van der Waals surface area contributed by atoms with E-state index in [4.69, 9.17) is 15.6 Å². The fourth-order valence-electron chi connectivity index (χ4n) is 1.92. The summed E-state index contributed by atoms with van der Waals surface area (Å²) in [6.45, 7) is 1.88. The number of rotatable bonds is 5. The molecule has 0 aliphatic rings. The maximum atomic E-state index is 14.0. The number of carboxylic acid groups (broad SMARTS) is 1. The highest BCUT2D eigenvalue weighted by Gasteiger charge is 2.43. The van der Waals surface area contributed by atoms with Crippen LogP contribution in [0.2, 0.25) is 0 Å². The summed E-state index contributed by atoms with van der Waals surface area (Å²) in [6, 6.07) is 9.87. The van der Waals surface area contributed by atoms with Gasteiger partial charge in [-0.1, -0.05) is 24.3 Å². The predicted octanol–water partition coefficient (Wildman–Crippen LogP) is 3.29. The second kappa shape index (κ2) is 6.11. The van der Waals surface area contributed by atoms with Crippen LogP contribution in [0.15, 0.2) is 48.5 Å². The number of aliphatic carboxylic acids is 1. The van der Waals surface area contributed by atoms with Gasteiger partial charge in [-0.25, -0.2) is 0 Å². The van der Waals surface area contributed by atoms with Gasteiger partial charge in [0.05, 0.1) is 0 Å². The van der Waals surface area contributed by atoms with E-state index in [1.165, 1.54) is 12.1 Å². The fraction of sp³-hybridized carbons (Fsp3) is 0.188. The molecule has 1 atom stereocenters. The first-order valence-electron chi connectivity index (χ1n) is 6.52. The summed E-state index contributed by atoms with van der Waals surface area (Å²) in [5, 5.41) is 8.68. The van der Waals surface area contributed by atoms with Crippen LogP contribution in [0.3, 0.4) is 0 Å². The minimum atomic E-state index is -3.70. The number of aryl methyl sites for hydroxylation is 1. The molecule has 0 spiro atoms. The molecule has 22 heavy (non-hydrogen) atoms. The largest absolute Gasteiger partial charge is 0.480 e. The van der Waals surface area contributed by atoms with Crippen molar-refractivity contribution < 1.29 is 23.4 Å². The van der Waals surface area contributed by atoms with Gasteiger partial charge < -0.3 is 15.6 Å². The lowest BCUT2D eigenvalue weighted by Gasteiger charge is -2.21.